The van der Waals surface area contributed by atoms with Crippen LogP contribution >= 0.6 is 11.3 Å². The first kappa shape index (κ1) is 18.7. The molecule has 6 nitrogen and oxygen atoms in total. The first-order chi connectivity index (χ1) is 13.8. The van der Waals surface area contributed by atoms with Crippen LogP contribution in [0.1, 0.15) is 10.4 Å². The highest BCUT2D eigenvalue weighted by Gasteiger charge is 2.21. The Bertz CT molecular complexity index is 860. The molecule has 0 atom stereocenters. The SMILES string of the molecule is Nc1c(NCCc2cccs2)ncnc1N1CCN(Cc2ccccc2)CC1. The second-order valence-electron chi connectivity index (χ2n) is 6.96. The van der Waals surface area contributed by atoms with Crippen LogP contribution in [0.4, 0.5) is 17.3 Å². The Balaban J connectivity index is 1.33. The molecule has 4 rings (SSSR count). The first-order valence-corrected chi connectivity index (χ1v) is 10.6. The van der Waals surface area contributed by atoms with Gasteiger partial charge >= 0.3 is 0 Å². The van der Waals surface area contributed by atoms with Crippen LogP contribution in [0.5, 0.6) is 0 Å². The topological polar surface area (TPSA) is 70.3 Å². The number of nitrogens with one attached hydrogen (secondary N) is 1. The van der Waals surface area contributed by atoms with E-state index < -0.39 is 0 Å². The minimum Gasteiger partial charge on any atom is -0.393 e. The van der Waals surface area contributed by atoms with E-state index in [0.29, 0.717) is 5.69 Å². The van der Waals surface area contributed by atoms with Crippen LogP contribution in [0.15, 0.2) is 54.2 Å². The fourth-order valence-electron chi connectivity index (χ4n) is 3.50. The van der Waals surface area contributed by atoms with Gasteiger partial charge in [-0.25, -0.2) is 9.97 Å². The van der Waals surface area contributed by atoms with Crippen molar-refractivity contribution in [3.63, 3.8) is 0 Å². The first-order valence-electron chi connectivity index (χ1n) is 9.67. The fraction of sp³-hybridized carbons (Fsp3) is 0.333. The maximum absolute atomic E-state index is 6.39. The molecular weight excluding hydrogens is 368 g/mol. The molecule has 146 valence electrons. The fourth-order valence-corrected chi connectivity index (χ4v) is 4.21. The summed E-state index contributed by atoms with van der Waals surface area (Å²) in [7, 11) is 0. The number of nitrogens with two attached hydrogens (primary N) is 1. The number of nitrogen functional groups attached to an aromatic ring is 1. The van der Waals surface area contributed by atoms with E-state index in [1.807, 2.05) is 0 Å². The van der Waals surface area contributed by atoms with Crippen molar-refractivity contribution in [2.75, 3.05) is 48.7 Å². The molecule has 0 amide bonds. The van der Waals surface area contributed by atoms with Crippen molar-refractivity contribution < 1.29 is 0 Å². The Labute approximate surface area is 170 Å². The lowest BCUT2D eigenvalue weighted by atomic mass is 10.2. The van der Waals surface area contributed by atoms with Gasteiger partial charge in [-0.15, -0.1) is 11.3 Å². The number of anilines is 3. The summed E-state index contributed by atoms with van der Waals surface area (Å²) < 4.78 is 0. The second-order valence-corrected chi connectivity index (χ2v) is 8.00. The number of nitrogens with zero attached hydrogens (tertiary/aromatic N) is 4. The monoisotopic (exact) mass is 394 g/mol. The number of aromatic nitrogens is 2. The zero-order valence-electron chi connectivity index (χ0n) is 15.9. The lowest BCUT2D eigenvalue weighted by Crippen LogP contribution is -2.46. The van der Waals surface area contributed by atoms with Crippen molar-refractivity contribution in [1.29, 1.82) is 0 Å². The van der Waals surface area contributed by atoms with Crippen LogP contribution in [-0.2, 0) is 13.0 Å². The number of hydrogen-bond acceptors (Lipinski definition) is 7. The zero-order valence-corrected chi connectivity index (χ0v) is 16.7. The Morgan fingerprint density at radius 3 is 2.57 bits per heavy atom. The Kier molecular flexibility index (Phi) is 6.04. The van der Waals surface area contributed by atoms with Crippen molar-refractivity contribution in [3.05, 3.63) is 64.6 Å². The van der Waals surface area contributed by atoms with E-state index in [2.05, 4.69) is 72.9 Å². The number of thiophene rings is 1. The minimum absolute atomic E-state index is 0.644. The van der Waals surface area contributed by atoms with Crippen LogP contribution in [0.3, 0.4) is 0 Å². The predicted octanol–water partition coefficient (Wildman–Crippen LogP) is 3.10. The third-order valence-corrected chi connectivity index (χ3v) is 5.96. The summed E-state index contributed by atoms with van der Waals surface area (Å²) in [6.45, 7) is 5.64. The van der Waals surface area contributed by atoms with Crippen LogP contribution in [-0.4, -0.2) is 47.6 Å². The summed E-state index contributed by atoms with van der Waals surface area (Å²) >= 11 is 1.77. The summed E-state index contributed by atoms with van der Waals surface area (Å²) in [5.74, 6) is 1.57. The molecule has 0 aliphatic carbocycles. The molecule has 0 bridgehead atoms. The largest absolute Gasteiger partial charge is 0.393 e. The van der Waals surface area contributed by atoms with Gasteiger partial charge in [0.05, 0.1) is 0 Å². The van der Waals surface area contributed by atoms with Gasteiger partial charge in [-0.1, -0.05) is 36.4 Å². The summed E-state index contributed by atoms with van der Waals surface area (Å²) in [5.41, 5.74) is 8.39. The molecule has 3 heterocycles. The average molecular weight is 395 g/mol. The molecule has 3 N–H and O–H groups in total. The Morgan fingerprint density at radius 2 is 1.82 bits per heavy atom. The average Bonchev–Trinajstić information content (AvgIpc) is 3.24. The van der Waals surface area contributed by atoms with Gasteiger partial charge in [-0.05, 0) is 23.4 Å². The predicted molar refractivity (Wildman–Crippen MR) is 117 cm³/mol. The summed E-state index contributed by atoms with van der Waals surface area (Å²) in [4.78, 5) is 14.9. The second kappa shape index (κ2) is 9.03. The summed E-state index contributed by atoms with van der Waals surface area (Å²) in [6.07, 6.45) is 2.57. The third-order valence-electron chi connectivity index (χ3n) is 5.03. The van der Waals surface area contributed by atoms with Crippen LogP contribution in [0.2, 0.25) is 0 Å². The van der Waals surface area contributed by atoms with E-state index in [9.17, 15) is 0 Å². The van der Waals surface area contributed by atoms with Crippen molar-refractivity contribution in [2.24, 2.45) is 0 Å². The maximum Gasteiger partial charge on any atom is 0.157 e. The van der Waals surface area contributed by atoms with Crippen molar-refractivity contribution in [2.45, 2.75) is 13.0 Å². The van der Waals surface area contributed by atoms with Gasteiger partial charge in [0.15, 0.2) is 11.6 Å². The molecule has 1 saturated heterocycles. The van der Waals surface area contributed by atoms with E-state index in [0.717, 1.165) is 57.3 Å². The van der Waals surface area contributed by atoms with Crippen molar-refractivity contribution in [3.8, 4) is 0 Å². The molecule has 28 heavy (non-hydrogen) atoms. The quantitative estimate of drug-likeness (QED) is 0.642. The molecule has 1 aliphatic heterocycles. The van der Waals surface area contributed by atoms with E-state index in [4.69, 9.17) is 5.73 Å². The van der Waals surface area contributed by atoms with Crippen LogP contribution < -0.4 is 16.0 Å². The summed E-state index contributed by atoms with van der Waals surface area (Å²) in [6, 6.07) is 14.8. The van der Waals surface area contributed by atoms with E-state index >= 15 is 0 Å². The standard InChI is InChI=1S/C21H26N6S/c22-19-20(23-9-8-18-7-4-14-28-18)24-16-25-21(19)27-12-10-26(11-13-27)15-17-5-2-1-3-6-17/h1-7,14,16H,8-13,15,22H2,(H,23,24,25). The normalized spacial score (nSPS) is 14.9. The van der Waals surface area contributed by atoms with Crippen LogP contribution in [0.25, 0.3) is 0 Å². The zero-order chi connectivity index (χ0) is 19.2. The summed E-state index contributed by atoms with van der Waals surface area (Å²) in [5, 5.41) is 5.47. The highest BCUT2D eigenvalue weighted by Crippen LogP contribution is 2.27. The third kappa shape index (κ3) is 4.61. The maximum atomic E-state index is 6.39. The highest BCUT2D eigenvalue weighted by molar-refractivity contribution is 7.09. The molecule has 0 radical (unpaired) electrons. The molecule has 2 aromatic heterocycles. The number of piperazine rings is 1. The van der Waals surface area contributed by atoms with Gasteiger partial charge in [0, 0.05) is 44.1 Å². The van der Waals surface area contributed by atoms with Gasteiger partial charge in [0.25, 0.3) is 0 Å². The number of hydrogen-bond donors (Lipinski definition) is 2. The van der Waals surface area contributed by atoms with E-state index in [1.165, 1.54) is 10.4 Å². The van der Waals surface area contributed by atoms with Crippen molar-refractivity contribution in [1.82, 2.24) is 14.9 Å². The minimum atomic E-state index is 0.644. The van der Waals surface area contributed by atoms with Gasteiger partial charge in [-0.3, -0.25) is 4.90 Å². The number of benzene rings is 1. The molecule has 1 aromatic carbocycles. The smallest absolute Gasteiger partial charge is 0.157 e. The van der Waals surface area contributed by atoms with Gasteiger partial charge in [0.1, 0.15) is 12.0 Å². The van der Waals surface area contributed by atoms with Crippen molar-refractivity contribution >= 4 is 28.7 Å². The lowest BCUT2D eigenvalue weighted by molar-refractivity contribution is 0.249. The molecular formula is C21H26N6S. The van der Waals surface area contributed by atoms with E-state index in [-0.39, 0.29) is 0 Å². The van der Waals surface area contributed by atoms with E-state index in [1.54, 1.807) is 17.7 Å². The van der Waals surface area contributed by atoms with Crippen LogP contribution in [0, 0.1) is 0 Å². The molecule has 1 fully saturated rings. The highest BCUT2D eigenvalue weighted by atomic mass is 32.1. The molecule has 0 spiro atoms. The molecule has 1 aliphatic rings. The molecule has 0 unspecified atom stereocenters. The van der Waals surface area contributed by atoms with Gasteiger partial charge in [0.2, 0.25) is 0 Å². The number of rotatable bonds is 7. The Hall–Kier alpha value is -2.64. The van der Waals surface area contributed by atoms with Gasteiger partial charge in [-0.2, -0.15) is 0 Å². The van der Waals surface area contributed by atoms with Gasteiger partial charge < -0.3 is 16.0 Å². The molecule has 0 saturated carbocycles. The lowest BCUT2D eigenvalue weighted by Gasteiger charge is -2.36. The molecule has 3 aromatic rings. The Morgan fingerprint density at radius 1 is 1.00 bits per heavy atom. The molecule has 7 heteroatoms.